The van der Waals surface area contributed by atoms with Gasteiger partial charge < -0.3 is 10.5 Å². The lowest BCUT2D eigenvalue weighted by atomic mass is 9.48. The summed E-state index contributed by atoms with van der Waals surface area (Å²) in [7, 11) is 0. The first-order valence-corrected chi connectivity index (χ1v) is 5.45. The van der Waals surface area contributed by atoms with Crippen LogP contribution in [0.1, 0.15) is 33.1 Å². The van der Waals surface area contributed by atoms with Crippen molar-refractivity contribution in [2.75, 3.05) is 19.8 Å². The van der Waals surface area contributed by atoms with Crippen molar-refractivity contribution < 1.29 is 4.74 Å². The average molecular weight is 183 g/mol. The Morgan fingerprint density at radius 1 is 1.31 bits per heavy atom. The highest BCUT2D eigenvalue weighted by Crippen LogP contribution is 2.59. The first-order chi connectivity index (χ1) is 6.17. The molecular formula is C11H21NO. The van der Waals surface area contributed by atoms with Crippen LogP contribution in [-0.4, -0.2) is 19.8 Å². The summed E-state index contributed by atoms with van der Waals surface area (Å²) in [6.45, 7) is 7.38. The van der Waals surface area contributed by atoms with Gasteiger partial charge in [-0.1, -0.05) is 20.3 Å². The van der Waals surface area contributed by atoms with E-state index < -0.39 is 0 Å². The molecule has 1 heterocycles. The van der Waals surface area contributed by atoms with Crippen LogP contribution >= 0.6 is 0 Å². The zero-order valence-corrected chi connectivity index (χ0v) is 8.81. The molecule has 0 spiro atoms. The Morgan fingerprint density at radius 2 is 1.92 bits per heavy atom. The Balaban J connectivity index is 2.19. The van der Waals surface area contributed by atoms with Gasteiger partial charge in [0, 0.05) is 5.41 Å². The smallest absolute Gasteiger partial charge is 0.0553 e. The molecule has 13 heavy (non-hydrogen) atoms. The Kier molecular flexibility index (Phi) is 2.16. The normalized spacial score (nSPS) is 29.5. The Morgan fingerprint density at radius 3 is 2.00 bits per heavy atom. The quantitative estimate of drug-likeness (QED) is 0.724. The van der Waals surface area contributed by atoms with Crippen LogP contribution in [0, 0.1) is 16.7 Å². The van der Waals surface area contributed by atoms with Crippen LogP contribution < -0.4 is 5.73 Å². The summed E-state index contributed by atoms with van der Waals surface area (Å²) in [6, 6.07) is 0. The molecule has 2 rings (SSSR count). The molecule has 2 nitrogen and oxygen atoms in total. The van der Waals surface area contributed by atoms with Crippen molar-refractivity contribution in [3.63, 3.8) is 0 Å². The fourth-order valence-corrected chi connectivity index (χ4v) is 3.08. The fourth-order valence-electron chi connectivity index (χ4n) is 3.08. The summed E-state index contributed by atoms with van der Waals surface area (Å²) in [5.74, 6) is 0.713. The molecule has 0 unspecified atom stereocenters. The molecule has 2 heteroatoms. The number of hydrogen-bond donors (Lipinski definition) is 1. The van der Waals surface area contributed by atoms with E-state index in [4.69, 9.17) is 10.5 Å². The average Bonchev–Trinajstić information content (AvgIpc) is 1.91. The zero-order chi connectivity index (χ0) is 9.53. The number of hydrogen-bond acceptors (Lipinski definition) is 2. The van der Waals surface area contributed by atoms with Crippen LogP contribution in [-0.2, 0) is 4.74 Å². The third-order valence-electron chi connectivity index (χ3n) is 4.58. The van der Waals surface area contributed by atoms with Gasteiger partial charge in [-0.25, -0.2) is 0 Å². The highest BCUT2D eigenvalue weighted by molar-refractivity contribution is 5.08. The highest BCUT2D eigenvalue weighted by atomic mass is 16.5. The van der Waals surface area contributed by atoms with Crippen LogP contribution in [0.4, 0.5) is 0 Å². The largest absolute Gasteiger partial charge is 0.380 e. The van der Waals surface area contributed by atoms with Gasteiger partial charge in [0.1, 0.15) is 0 Å². The third-order valence-corrected chi connectivity index (χ3v) is 4.58. The van der Waals surface area contributed by atoms with Gasteiger partial charge in [-0.15, -0.1) is 0 Å². The van der Waals surface area contributed by atoms with E-state index in [9.17, 15) is 0 Å². The Labute approximate surface area is 80.8 Å². The molecule has 1 aliphatic heterocycles. The highest BCUT2D eigenvalue weighted by Gasteiger charge is 2.59. The van der Waals surface area contributed by atoms with Crippen molar-refractivity contribution in [3.8, 4) is 0 Å². The number of nitrogens with two attached hydrogens (primary N) is 1. The van der Waals surface area contributed by atoms with E-state index in [-0.39, 0.29) is 0 Å². The van der Waals surface area contributed by atoms with Crippen LogP contribution in [0.3, 0.4) is 0 Å². The molecule has 1 saturated carbocycles. The van der Waals surface area contributed by atoms with Crippen LogP contribution in [0.2, 0.25) is 0 Å². The van der Waals surface area contributed by atoms with E-state index in [1.54, 1.807) is 0 Å². The van der Waals surface area contributed by atoms with Gasteiger partial charge in [0.05, 0.1) is 13.2 Å². The minimum absolute atomic E-state index is 0.417. The molecule has 2 aliphatic rings. The molecule has 0 aromatic rings. The summed E-state index contributed by atoms with van der Waals surface area (Å²) < 4.78 is 5.43. The van der Waals surface area contributed by atoms with Gasteiger partial charge in [-0.3, -0.25) is 0 Å². The van der Waals surface area contributed by atoms with E-state index in [2.05, 4.69) is 13.8 Å². The molecular weight excluding hydrogens is 162 g/mol. The maximum absolute atomic E-state index is 5.95. The molecule has 0 bridgehead atoms. The van der Waals surface area contributed by atoms with Crippen LogP contribution in [0.5, 0.6) is 0 Å². The second-order valence-corrected chi connectivity index (χ2v) is 5.14. The predicted octanol–water partition coefficient (Wildman–Crippen LogP) is 1.79. The molecule has 2 N–H and O–H groups in total. The molecule has 2 fully saturated rings. The maximum Gasteiger partial charge on any atom is 0.0553 e. The van der Waals surface area contributed by atoms with Crippen LogP contribution in [0.15, 0.2) is 0 Å². The summed E-state index contributed by atoms with van der Waals surface area (Å²) in [5.41, 5.74) is 6.79. The van der Waals surface area contributed by atoms with Gasteiger partial charge in [-0.2, -0.15) is 0 Å². The molecule has 1 aliphatic carbocycles. The summed E-state index contributed by atoms with van der Waals surface area (Å²) in [4.78, 5) is 0. The minimum Gasteiger partial charge on any atom is -0.380 e. The van der Waals surface area contributed by atoms with Crippen molar-refractivity contribution in [2.45, 2.75) is 33.1 Å². The molecule has 0 radical (unpaired) electrons. The first-order valence-electron chi connectivity index (χ1n) is 5.45. The van der Waals surface area contributed by atoms with E-state index in [0.717, 1.165) is 19.8 Å². The number of rotatable bonds is 3. The van der Waals surface area contributed by atoms with E-state index in [0.29, 0.717) is 16.7 Å². The minimum atomic E-state index is 0.417. The standard InChI is InChI=1S/C11H21NO/c1-9(2)11(7-13-8-11)10(6-12)4-3-5-10/h9H,3-8,12H2,1-2H3. The first kappa shape index (κ1) is 9.47. The topological polar surface area (TPSA) is 35.2 Å². The van der Waals surface area contributed by atoms with Crippen molar-refractivity contribution in [1.82, 2.24) is 0 Å². The lowest BCUT2D eigenvalue weighted by molar-refractivity contribution is -0.230. The third kappa shape index (κ3) is 1.02. The van der Waals surface area contributed by atoms with E-state index >= 15 is 0 Å². The molecule has 0 aromatic carbocycles. The van der Waals surface area contributed by atoms with Crippen LogP contribution in [0.25, 0.3) is 0 Å². The van der Waals surface area contributed by atoms with Gasteiger partial charge in [0.25, 0.3) is 0 Å². The lowest BCUT2D eigenvalue weighted by Gasteiger charge is -2.62. The fraction of sp³-hybridized carbons (Fsp3) is 1.00. The molecule has 76 valence electrons. The Bertz CT molecular complexity index is 187. The van der Waals surface area contributed by atoms with Crippen molar-refractivity contribution >= 4 is 0 Å². The summed E-state index contributed by atoms with van der Waals surface area (Å²) in [5, 5.41) is 0. The molecule has 1 saturated heterocycles. The predicted molar refractivity (Wildman–Crippen MR) is 53.4 cm³/mol. The maximum atomic E-state index is 5.95. The second-order valence-electron chi connectivity index (χ2n) is 5.14. The summed E-state index contributed by atoms with van der Waals surface area (Å²) >= 11 is 0. The SMILES string of the molecule is CC(C)C1(C2(CN)CCC2)COC1. The molecule has 0 atom stereocenters. The van der Waals surface area contributed by atoms with Gasteiger partial charge >= 0.3 is 0 Å². The van der Waals surface area contributed by atoms with E-state index in [1.807, 2.05) is 0 Å². The van der Waals surface area contributed by atoms with Gasteiger partial charge in [0.15, 0.2) is 0 Å². The molecule has 0 aromatic heterocycles. The molecule has 0 amide bonds. The second kappa shape index (κ2) is 2.96. The van der Waals surface area contributed by atoms with Gasteiger partial charge in [-0.05, 0) is 30.7 Å². The van der Waals surface area contributed by atoms with E-state index in [1.165, 1.54) is 19.3 Å². The monoisotopic (exact) mass is 183 g/mol. The Hall–Kier alpha value is -0.0800. The van der Waals surface area contributed by atoms with Crippen molar-refractivity contribution in [1.29, 1.82) is 0 Å². The van der Waals surface area contributed by atoms with Crippen molar-refractivity contribution in [2.24, 2.45) is 22.5 Å². The number of ether oxygens (including phenoxy) is 1. The zero-order valence-electron chi connectivity index (χ0n) is 8.81. The van der Waals surface area contributed by atoms with Crippen molar-refractivity contribution in [3.05, 3.63) is 0 Å². The van der Waals surface area contributed by atoms with Gasteiger partial charge in [0.2, 0.25) is 0 Å². The lowest BCUT2D eigenvalue weighted by Crippen LogP contribution is -2.63. The summed E-state index contributed by atoms with van der Waals surface area (Å²) in [6.07, 6.45) is 4.02.